The van der Waals surface area contributed by atoms with Crippen LogP contribution in [0.5, 0.6) is 0 Å². The van der Waals surface area contributed by atoms with Gasteiger partial charge in [-0.25, -0.2) is 10.2 Å². The molecule has 2 amide bonds. The first kappa shape index (κ1) is 18.7. The van der Waals surface area contributed by atoms with Crippen molar-refractivity contribution < 1.29 is 9.72 Å². The molecule has 0 radical (unpaired) electrons. The summed E-state index contributed by atoms with van der Waals surface area (Å²) in [7, 11) is 2.10. The van der Waals surface area contributed by atoms with Gasteiger partial charge in [-0.3, -0.25) is 14.8 Å². The molecule has 0 unspecified atom stereocenters. The Morgan fingerprint density at radius 3 is 2.79 bits per heavy atom. The Hall–Kier alpha value is -2.61. The van der Waals surface area contributed by atoms with Crippen LogP contribution in [-0.2, 0) is 6.42 Å². The molecule has 8 nitrogen and oxygen atoms in total. The van der Waals surface area contributed by atoms with Crippen LogP contribution in [0.15, 0.2) is 18.3 Å². The average Bonchev–Trinajstić information content (AvgIpc) is 3.02. The molecule has 1 aromatic carbocycles. The van der Waals surface area contributed by atoms with Gasteiger partial charge in [0.1, 0.15) is 0 Å². The molecule has 1 aliphatic heterocycles. The smallest absolute Gasteiger partial charge is 0.324 e. The van der Waals surface area contributed by atoms with E-state index in [9.17, 15) is 14.9 Å². The van der Waals surface area contributed by atoms with Crippen molar-refractivity contribution in [1.82, 2.24) is 14.5 Å². The SMILES string of the molecule is CCN(CC)C(=O)Nn1cc2c3c(c([N+](=O)[O-])ccc31)[C@H]1CCCN(C)[C@@H]1C2. The number of likely N-dealkylation sites (N-methyl/N-ethyl adjacent to an activating group) is 1. The van der Waals surface area contributed by atoms with E-state index < -0.39 is 0 Å². The van der Waals surface area contributed by atoms with Gasteiger partial charge in [0, 0.05) is 48.3 Å². The average molecular weight is 385 g/mol. The number of benzene rings is 1. The van der Waals surface area contributed by atoms with Gasteiger partial charge in [-0.05, 0) is 58.3 Å². The second kappa shape index (κ2) is 7.09. The topological polar surface area (TPSA) is 83.6 Å². The van der Waals surface area contributed by atoms with Crippen LogP contribution >= 0.6 is 0 Å². The molecule has 28 heavy (non-hydrogen) atoms. The number of nitrogens with zero attached hydrogens (tertiary/aromatic N) is 4. The highest BCUT2D eigenvalue weighted by Gasteiger charge is 2.40. The zero-order chi connectivity index (χ0) is 20.0. The molecular formula is C20H27N5O3. The lowest BCUT2D eigenvalue weighted by Gasteiger charge is -2.41. The van der Waals surface area contributed by atoms with Gasteiger partial charge in [0.15, 0.2) is 0 Å². The van der Waals surface area contributed by atoms with Gasteiger partial charge < -0.3 is 9.80 Å². The Morgan fingerprint density at radius 1 is 1.36 bits per heavy atom. The van der Waals surface area contributed by atoms with Crippen LogP contribution < -0.4 is 5.43 Å². The standard InChI is InChI=1S/C20H27N5O3/c1-4-23(5-2)20(26)21-24-12-13-11-17-14(7-6-10-22(17)3)19-16(25(27)28)9-8-15(24)18(13)19/h8-9,12,14,17H,4-7,10-11H2,1-3H3,(H,21,26)/t14-,17+/m0/s1. The van der Waals surface area contributed by atoms with Crippen molar-refractivity contribution in [3.05, 3.63) is 39.6 Å². The molecule has 0 saturated carbocycles. The Labute approximate surface area is 164 Å². The van der Waals surface area contributed by atoms with Crippen LogP contribution in [0.3, 0.4) is 0 Å². The van der Waals surface area contributed by atoms with Crippen LogP contribution in [0.4, 0.5) is 10.5 Å². The van der Waals surface area contributed by atoms with Gasteiger partial charge in [-0.15, -0.1) is 0 Å². The van der Waals surface area contributed by atoms with Gasteiger partial charge in [-0.1, -0.05) is 0 Å². The molecule has 1 N–H and O–H groups in total. The molecule has 1 saturated heterocycles. The van der Waals surface area contributed by atoms with E-state index in [1.807, 2.05) is 20.0 Å². The first-order valence-electron chi connectivity index (χ1n) is 10.0. The molecule has 150 valence electrons. The van der Waals surface area contributed by atoms with E-state index in [1.54, 1.807) is 21.7 Å². The summed E-state index contributed by atoms with van der Waals surface area (Å²) in [5, 5.41) is 12.7. The molecule has 2 aromatic rings. The fraction of sp³-hybridized carbons (Fsp3) is 0.550. The minimum absolute atomic E-state index is 0.157. The van der Waals surface area contributed by atoms with E-state index in [4.69, 9.17) is 0 Å². The third kappa shape index (κ3) is 2.83. The van der Waals surface area contributed by atoms with Crippen molar-refractivity contribution in [3.63, 3.8) is 0 Å². The third-order valence-electron chi connectivity index (χ3n) is 6.39. The summed E-state index contributed by atoms with van der Waals surface area (Å²) in [6.45, 7) is 6.15. The first-order valence-corrected chi connectivity index (χ1v) is 10.0. The van der Waals surface area contributed by atoms with E-state index in [0.29, 0.717) is 13.1 Å². The highest BCUT2D eigenvalue weighted by molar-refractivity contribution is 5.94. The van der Waals surface area contributed by atoms with Crippen LogP contribution in [0, 0.1) is 10.1 Å². The fourth-order valence-electron chi connectivity index (χ4n) is 4.98. The Morgan fingerprint density at radius 2 is 2.11 bits per heavy atom. The van der Waals surface area contributed by atoms with E-state index >= 15 is 0 Å². The maximum absolute atomic E-state index is 12.6. The molecule has 4 rings (SSSR count). The highest BCUT2D eigenvalue weighted by atomic mass is 16.6. The minimum atomic E-state index is -0.263. The Bertz CT molecular complexity index is 934. The second-order valence-electron chi connectivity index (χ2n) is 7.76. The number of hydrogen-bond acceptors (Lipinski definition) is 4. The summed E-state index contributed by atoms with van der Waals surface area (Å²) in [4.78, 5) is 28.1. The molecule has 0 bridgehead atoms. The van der Waals surface area contributed by atoms with Gasteiger partial charge in [0.25, 0.3) is 5.69 Å². The number of carbonyl (C=O) groups is 1. The molecule has 1 aliphatic carbocycles. The highest BCUT2D eigenvalue weighted by Crippen LogP contribution is 2.47. The van der Waals surface area contributed by atoms with E-state index in [0.717, 1.165) is 47.8 Å². The van der Waals surface area contributed by atoms with Gasteiger partial charge in [0.05, 0.1) is 10.4 Å². The lowest BCUT2D eigenvalue weighted by Crippen LogP contribution is -2.44. The number of hydrogen-bond donors (Lipinski definition) is 1. The zero-order valence-electron chi connectivity index (χ0n) is 16.6. The van der Waals surface area contributed by atoms with Crippen molar-refractivity contribution in [2.24, 2.45) is 0 Å². The summed E-state index contributed by atoms with van der Waals surface area (Å²) in [5.41, 5.74) is 5.91. The normalized spacial score (nSPS) is 21.4. The first-order chi connectivity index (χ1) is 13.5. The van der Waals surface area contributed by atoms with E-state index in [-0.39, 0.29) is 28.6 Å². The number of carbonyl (C=O) groups excluding carboxylic acids is 1. The molecule has 8 heteroatoms. The number of aromatic nitrogens is 1. The molecule has 0 spiro atoms. The predicted molar refractivity (Wildman–Crippen MR) is 108 cm³/mol. The van der Waals surface area contributed by atoms with Crippen molar-refractivity contribution in [3.8, 4) is 0 Å². The number of nitro groups is 1. The summed E-state index contributed by atoms with van der Waals surface area (Å²) in [5.74, 6) is 0.157. The number of rotatable bonds is 4. The largest absolute Gasteiger partial charge is 0.336 e. The van der Waals surface area contributed by atoms with E-state index in [1.165, 1.54) is 0 Å². The van der Waals surface area contributed by atoms with Crippen LogP contribution in [-0.4, -0.2) is 58.2 Å². The van der Waals surface area contributed by atoms with Crippen LogP contribution in [0.25, 0.3) is 10.9 Å². The van der Waals surface area contributed by atoms with Crippen molar-refractivity contribution in [2.45, 2.75) is 45.1 Å². The second-order valence-corrected chi connectivity index (χ2v) is 7.76. The molecule has 1 fully saturated rings. The van der Waals surface area contributed by atoms with E-state index in [2.05, 4.69) is 17.4 Å². The van der Waals surface area contributed by atoms with Gasteiger partial charge >= 0.3 is 6.03 Å². The molecule has 2 atom stereocenters. The number of urea groups is 1. The van der Waals surface area contributed by atoms with Gasteiger partial charge in [0.2, 0.25) is 0 Å². The summed E-state index contributed by atoms with van der Waals surface area (Å²) < 4.78 is 1.75. The number of piperidine rings is 1. The number of nitro benzene ring substituents is 1. The minimum Gasteiger partial charge on any atom is -0.324 e. The maximum Gasteiger partial charge on any atom is 0.336 e. The molecule has 2 aliphatic rings. The lowest BCUT2D eigenvalue weighted by atomic mass is 9.74. The van der Waals surface area contributed by atoms with Crippen LogP contribution in [0.2, 0.25) is 0 Å². The predicted octanol–water partition coefficient (Wildman–Crippen LogP) is 3.29. The fourth-order valence-corrected chi connectivity index (χ4v) is 4.98. The summed E-state index contributed by atoms with van der Waals surface area (Å²) >= 11 is 0. The maximum atomic E-state index is 12.6. The molecule has 2 heterocycles. The van der Waals surface area contributed by atoms with Crippen molar-refractivity contribution in [2.75, 3.05) is 32.1 Å². The third-order valence-corrected chi connectivity index (χ3v) is 6.39. The molecule has 1 aromatic heterocycles. The Balaban J connectivity index is 1.85. The zero-order valence-corrected chi connectivity index (χ0v) is 16.6. The summed E-state index contributed by atoms with van der Waals surface area (Å²) in [6, 6.07) is 3.45. The lowest BCUT2D eigenvalue weighted by molar-refractivity contribution is -0.385. The van der Waals surface area contributed by atoms with Crippen molar-refractivity contribution in [1.29, 1.82) is 0 Å². The Kier molecular flexibility index (Phi) is 4.74. The number of fused-ring (bicyclic) bond motifs is 2. The quantitative estimate of drug-likeness (QED) is 0.647. The van der Waals surface area contributed by atoms with Gasteiger partial charge in [-0.2, -0.15) is 0 Å². The van der Waals surface area contributed by atoms with Crippen LogP contribution in [0.1, 0.15) is 43.7 Å². The van der Waals surface area contributed by atoms with Crippen molar-refractivity contribution >= 4 is 22.6 Å². The monoisotopic (exact) mass is 385 g/mol. The number of amides is 2. The summed E-state index contributed by atoms with van der Waals surface area (Å²) in [6.07, 6.45) is 4.79. The number of nitrogens with one attached hydrogen (secondary N) is 1. The molecular weight excluding hydrogens is 358 g/mol. The number of likely N-dealkylation sites (tertiary alicyclic amines) is 1.